The lowest BCUT2D eigenvalue weighted by Gasteiger charge is -2.37. The van der Waals surface area contributed by atoms with E-state index in [1.54, 1.807) is 7.11 Å². The first-order chi connectivity index (χ1) is 14.1. The van der Waals surface area contributed by atoms with E-state index in [0.29, 0.717) is 32.5 Å². The van der Waals surface area contributed by atoms with Crippen LogP contribution in [0, 0.1) is 5.41 Å². The number of rotatable bonds is 6. The van der Waals surface area contributed by atoms with Gasteiger partial charge in [0, 0.05) is 38.4 Å². The first-order valence-corrected chi connectivity index (χ1v) is 10.1. The van der Waals surface area contributed by atoms with Crippen LogP contribution in [0.4, 0.5) is 5.69 Å². The molecule has 0 spiro atoms. The van der Waals surface area contributed by atoms with Crippen molar-refractivity contribution >= 4 is 17.5 Å². The van der Waals surface area contributed by atoms with E-state index in [2.05, 4.69) is 22.3 Å². The van der Waals surface area contributed by atoms with Crippen LogP contribution in [0.3, 0.4) is 0 Å². The van der Waals surface area contributed by atoms with Gasteiger partial charge in [-0.3, -0.25) is 9.59 Å². The standard InChI is InChI=1S/C23H27N3O3/c1-29-20-9-7-18(8-10-20)17-24-21(27)23(11-12-23)22(28)26-15-13-25(14-16-26)19-5-3-2-4-6-19/h2-10H,11-17H2,1H3,(H,24,27). The summed E-state index contributed by atoms with van der Waals surface area (Å²) in [6, 6.07) is 17.8. The molecule has 6 heteroatoms. The second-order valence-corrected chi connectivity index (χ2v) is 7.73. The van der Waals surface area contributed by atoms with E-state index in [1.165, 1.54) is 5.69 Å². The molecule has 0 aromatic heterocycles. The molecule has 2 aliphatic rings. The summed E-state index contributed by atoms with van der Waals surface area (Å²) in [4.78, 5) is 30.0. The Balaban J connectivity index is 1.31. The van der Waals surface area contributed by atoms with Crippen molar-refractivity contribution in [1.29, 1.82) is 0 Å². The second-order valence-electron chi connectivity index (χ2n) is 7.73. The molecular weight excluding hydrogens is 366 g/mol. The quantitative estimate of drug-likeness (QED) is 0.766. The highest BCUT2D eigenvalue weighted by Gasteiger charge is 2.58. The number of carbonyl (C=O) groups is 2. The number of nitrogens with zero attached hydrogens (tertiary/aromatic N) is 2. The number of ether oxygens (including phenoxy) is 1. The molecule has 1 aliphatic heterocycles. The first-order valence-electron chi connectivity index (χ1n) is 10.1. The minimum Gasteiger partial charge on any atom is -0.497 e. The third kappa shape index (κ3) is 4.06. The summed E-state index contributed by atoms with van der Waals surface area (Å²) in [6.07, 6.45) is 1.28. The molecule has 0 bridgehead atoms. The predicted octanol–water partition coefficient (Wildman–Crippen LogP) is 2.44. The molecule has 1 heterocycles. The highest BCUT2D eigenvalue weighted by Crippen LogP contribution is 2.47. The van der Waals surface area contributed by atoms with Gasteiger partial charge in [0.2, 0.25) is 11.8 Å². The van der Waals surface area contributed by atoms with Gasteiger partial charge in [-0.25, -0.2) is 0 Å². The zero-order chi connectivity index (χ0) is 20.3. The molecular formula is C23H27N3O3. The van der Waals surface area contributed by atoms with Gasteiger partial charge in [-0.15, -0.1) is 0 Å². The molecule has 0 unspecified atom stereocenters. The Morgan fingerprint density at radius 1 is 0.966 bits per heavy atom. The number of amides is 2. The van der Waals surface area contributed by atoms with Gasteiger partial charge in [0.05, 0.1) is 7.11 Å². The summed E-state index contributed by atoms with van der Waals surface area (Å²) in [5.74, 6) is 0.616. The van der Waals surface area contributed by atoms with Gasteiger partial charge >= 0.3 is 0 Å². The van der Waals surface area contributed by atoms with Gasteiger partial charge in [-0.05, 0) is 42.7 Å². The Morgan fingerprint density at radius 3 is 2.21 bits per heavy atom. The van der Waals surface area contributed by atoms with Gasteiger partial charge in [0.25, 0.3) is 0 Å². The third-order valence-electron chi connectivity index (χ3n) is 5.89. The SMILES string of the molecule is COc1ccc(CNC(=O)C2(C(=O)N3CCN(c4ccccc4)CC3)CC2)cc1. The zero-order valence-corrected chi connectivity index (χ0v) is 16.8. The van der Waals surface area contributed by atoms with Crippen LogP contribution in [0.2, 0.25) is 0 Å². The maximum atomic E-state index is 13.1. The molecule has 6 nitrogen and oxygen atoms in total. The van der Waals surface area contributed by atoms with Crippen molar-refractivity contribution in [2.75, 3.05) is 38.2 Å². The van der Waals surface area contributed by atoms with Crippen LogP contribution in [0.15, 0.2) is 54.6 Å². The van der Waals surface area contributed by atoms with E-state index in [0.717, 1.165) is 24.4 Å². The number of hydrogen-bond donors (Lipinski definition) is 1. The number of hydrogen-bond acceptors (Lipinski definition) is 4. The van der Waals surface area contributed by atoms with Gasteiger partial charge in [0.1, 0.15) is 11.2 Å². The number of methoxy groups -OCH3 is 1. The van der Waals surface area contributed by atoms with Crippen LogP contribution < -0.4 is 15.0 Å². The van der Waals surface area contributed by atoms with E-state index in [9.17, 15) is 9.59 Å². The topological polar surface area (TPSA) is 61.9 Å². The van der Waals surface area contributed by atoms with Gasteiger partial charge in [-0.2, -0.15) is 0 Å². The van der Waals surface area contributed by atoms with Crippen molar-refractivity contribution in [3.63, 3.8) is 0 Å². The molecule has 2 aromatic carbocycles. The molecule has 152 valence electrons. The Morgan fingerprint density at radius 2 is 1.62 bits per heavy atom. The Bertz CT molecular complexity index is 855. The van der Waals surface area contributed by atoms with Crippen LogP contribution in [0.5, 0.6) is 5.75 Å². The minimum absolute atomic E-state index is 0.0163. The normalized spacial score (nSPS) is 17.6. The predicted molar refractivity (Wildman–Crippen MR) is 112 cm³/mol. The second kappa shape index (κ2) is 8.15. The lowest BCUT2D eigenvalue weighted by molar-refractivity contribution is -0.144. The van der Waals surface area contributed by atoms with Crippen LogP contribution in [0.1, 0.15) is 18.4 Å². The van der Waals surface area contributed by atoms with E-state index in [1.807, 2.05) is 47.4 Å². The molecule has 0 atom stereocenters. The van der Waals surface area contributed by atoms with Gasteiger partial charge in [-0.1, -0.05) is 30.3 Å². The van der Waals surface area contributed by atoms with Crippen molar-refractivity contribution in [2.45, 2.75) is 19.4 Å². The van der Waals surface area contributed by atoms with Crippen LogP contribution in [-0.4, -0.2) is 50.0 Å². The van der Waals surface area contributed by atoms with Crippen LogP contribution in [-0.2, 0) is 16.1 Å². The zero-order valence-electron chi connectivity index (χ0n) is 16.8. The smallest absolute Gasteiger partial charge is 0.238 e. The lowest BCUT2D eigenvalue weighted by Crippen LogP contribution is -2.53. The average Bonchev–Trinajstić information content (AvgIpc) is 3.60. The van der Waals surface area contributed by atoms with Crippen molar-refractivity contribution in [3.05, 3.63) is 60.2 Å². The highest BCUT2D eigenvalue weighted by atomic mass is 16.5. The molecule has 2 amide bonds. The molecule has 4 rings (SSSR count). The first kappa shape index (κ1) is 19.3. The summed E-state index contributed by atoms with van der Waals surface area (Å²) < 4.78 is 5.15. The maximum absolute atomic E-state index is 13.1. The fraction of sp³-hybridized carbons (Fsp3) is 0.391. The van der Waals surface area contributed by atoms with Gasteiger partial charge in [0.15, 0.2) is 0 Å². The summed E-state index contributed by atoms with van der Waals surface area (Å²) >= 11 is 0. The Labute approximate surface area is 171 Å². The van der Waals surface area contributed by atoms with Crippen LogP contribution in [0.25, 0.3) is 0 Å². The molecule has 1 N–H and O–H groups in total. The van der Waals surface area contributed by atoms with E-state index >= 15 is 0 Å². The highest BCUT2D eigenvalue weighted by molar-refractivity contribution is 6.07. The lowest BCUT2D eigenvalue weighted by atomic mass is 10.0. The summed E-state index contributed by atoms with van der Waals surface area (Å²) in [7, 11) is 1.62. The summed E-state index contributed by atoms with van der Waals surface area (Å²) in [6.45, 7) is 3.31. The molecule has 2 aromatic rings. The average molecular weight is 393 g/mol. The largest absolute Gasteiger partial charge is 0.497 e. The molecule has 1 saturated carbocycles. The van der Waals surface area contributed by atoms with E-state index in [-0.39, 0.29) is 11.8 Å². The Kier molecular flexibility index (Phi) is 5.43. The number of para-hydroxylation sites is 1. The number of piperazine rings is 1. The van der Waals surface area contributed by atoms with Crippen LogP contribution >= 0.6 is 0 Å². The number of benzene rings is 2. The monoisotopic (exact) mass is 393 g/mol. The van der Waals surface area contributed by atoms with E-state index < -0.39 is 5.41 Å². The maximum Gasteiger partial charge on any atom is 0.238 e. The summed E-state index contributed by atoms with van der Waals surface area (Å²) in [5.41, 5.74) is 1.30. The van der Waals surface area contributed by atoms with Crippen molar-refractivity contribution in [3.8, 4) is 5.75 Å². The number of anilines is 1. The van der Waals surface area contributed by atoms with E-state index in [4.69, 9.17) is 4.74 Å². The molecule has 1 saturated heterocycles. The minimum atomic E-state index is -0.860. The van der Waals surface area contributed by atoms with Crippen molar-refractivity contribution < 1.29 is 14.3 Å². The molecule has 29 heavy (non-hydrogen) atoms. The molecule has 0 radical (unpaired) electrons. The molecule has 2 fully saturated rings. The number of carbonyl (C=O) groups excluding carboxylic acids is 2. The Hall–Kier alpha value is -3.02. The number of nitrogens with one attached hydrogen (secondary N) is 1. The third-order valence-corrected chi connectivity index (χ3v) is 5.89. The molecule has 1 aliphatic carbocycles. The fourth-order valence-electron chi connectivity index (χ4n) is 3.87. The van der Waals surface area contributed by atoms with Crippen molar-refractivity contribution in [1.82, 2.24) is 10.2 Å². The van der Waals surface area contributed by atoms with Gasteiger partial charge < -0.3 is 19.9 Å². The van der Waals surface area contributed by atoms with Crippen molar-refractivity contribution in [2.24, 2.45) is 5.41 Å². The fourth-order valence-corrected chi connectivity index (χ4v) is 3.87. The summed E-state index contributed by atoms with van der Waals surface area (Å²) in [5, 5.41) is 2.96.